The van der Waals surface area contributed by atoms with Gasteiger partial charge in [-0.2, -0.15) is 13.2 Å². The largest absolute Gasteiger partial charge is 0.478 e. The number of aromatic nitrogens is 1. The highest BCUT2D eigenvalue weighted by Crippen LogP contribution is 2.30. The maximum absolute atomic E-state index is 12.6. The van der Waals surface area contributed by atoms with E-state index >= 15 is 0 Å². The Balaban J connectivity index is 3.19. The van der Waals surface area contributed by atoms with Gasteiger partial charge in [-0.05, 0) is 31.6 Å². The van der Waals surface area contributed by atoms with Gasteiger partial charge in [-0.15, -0.1) is 0 Å². The third-order valence-electron chi connectivity index (χ3n) is 2.62. The molecule has 2 N–H and O–H groups in total. The zero-order valence-corrected chi connectivity index (χ0v) is 11.0. The van der Waals surface area contributed by atoms with E-state index in [0.29, 0.717) is 12.0 Å². The highest BCUT2D eigenvalue weighted by Gasteiger charge is 2.33. The van der Waals surface area contributed by atoms with Crippen LogP contribution in [0.5, 0.6) is 0 Å². The van der Waals surface area contributed by atoms with E-state index in [1.807, 2.05) is 6.92 Å². The third kappa shape index (κ3) is 4.56. The summed E-state index contributed by atoms with van der Waals surface area (Å²) in [4.78, 5) is 14.0. The lowest BCUT2D eigenvalue weighted by Gasteiger charge is -2.16. The van der Waals surface area contributed by atoms with Crippen LogP contribution in [0.3, 0.4) is 0 Å². The molecule has 0 saturated carbocycles. The molecule has 0 spiro atoms. The Morgan fingerprint density at radius 3 is 2.65 bits per heavy atom. The van der Waals surface area contributed by atoms with Crippen LogP contribution in [0.25, 0.3) is 6.08 Å². The van der Waals surface area contributed by atoms with Crippen LogP contribution < -0.4 is 5.32 Å². The summed E-state index contributed by atoms with van der Waals surface area (Å²) in [6.07, 6.45) is -1.78. The molecule has 1 rings (SSSR count). The number of alkyl halides is 3. The maximum Gasteiger partial charge on any atom is 0.433 e. The first-order valence-electron chi connectivity index (χ1n) is 5.99. The molecule has 0 radical (unpaired) electrons. The molecule has 1 unspecified atom stereocenters. The van der Waals surface area contributed by atoms with Gasteiger partial charge < -0.3 is 10.4 Å². The average Bonchev–Trinajstić information content (AvgIpc) is 2.35. The van der Waals surface area contributed by atoms with Gasteiger partial charge in [0.05, 0.1) is 0 Å². The first-order valence-corrected chi connectivity index (χ1v) is 5.99. The first-order chi connectivity index (χ1) is 9.24. The number of hydrogen-bond donors (Lipinski definition) is 2. The second-order valence-corrected chi connectivity index (χ2v) is 4.26. The van der Waals surface area contributed by atoms with Crippen LogP contribution in [0.4, 0.5) is 19.0 Å². The molecule has 1 atom stereocenters. The molecule has 1 heterocycles. The van der Waals surface area contributed by atoms with Gasteiger partial charge in [-0.1, -0.05) is 6.92 Å². The molecule has 0 aliphatic carbocycles. The summed E-state index contributed by atoms with van der Waals surface area (Å²) in [5.41, 5.74) is -0.725. The molecule has 0 amide bonds. The quantitative estimate of drug-likeness (QED) is 0.815. The normalized spacial score (nSPS) is 13.4. The highest BCUT2D eigenvalue weighted by molar-refractivity contribution is 5.86. The lowest BCUT2D eigenvalue weighted by atomic mass is 10.2. The number of hydrogen-bond acceptors (Lipinski definition) is 3. The monoisotopic (exact) mass is 288 g/mol. The number of nitrogens with zero attached hydrogens (tertiary/aromatic N) is 1. The fourth-order valence-corrected chi connectivity index (χ4v) is 1.37. The molecule has 0 fully saturated rings. The lowest BCUT2D eigenvalue weighted by molar-refractivity contribution is -0.141. The van der Waals surface area contributed by atoms with Crippen LogP contribution in [-0.4, -0.2) is 22.1 Å². The van der Waals surface area contributed by atoms with Gasteiger partial charge in [-0.3, -0.25) is 0 Å². The molecular formula is C13H15F3N2O2. The van der Waals surface area contributed by atoms with Gasteiger partial charge in [0.15, 0.2) is 0 Å². The summed E-state index contributed by atoms with van der Waals surface area (Å²) < 4.78 is 37.9. The molecular weight excluding hydrogens is 273 g/mol. The van der Waals surface area contributed by atoms with Gasteiger partial charge in [0.25, 0.3) is 0 Å². The van der Waals surface area contributed by atoms with Gasteiger partial charge >= 0.3 is 12.1 Å². The maximum atomic E-state index is 12.6. The van der Waals surface area contributed by atoms with Crippen molar-refractivity contribution >= 4 is 17.9 Å². The minimum Gasteiger partial charge on any atom is -0.478 e. The van der Waals surface area contributed by atoms with Crippen molar-refractivity contribution in [3.05, 3.63) is 29.5 Å². The van der Waals surface area contributed by atoms with E-state index in [1.165, 1.54) is 12.1 Å². The number of aliphatic carboxylic acids is 1. The van der Waals surface area contributed by atoms with Crippen molar-refractivity contribution in [3.8, 4) is 0 Å². The van der Waals surface area contributed by atoms with Crippen molar-refractivity contribution in [2.75, 3.05) is 5.32 Å². The minimum atomic E-state index is -4.54. The van der Waals surface area contributed by atoms with Gasteiger partial charge in [0.2, 0.25) is 0 Å². The summed E-state index contributed by atoms with van der Waals surface area (Å²) >= 11 is 0. The number of carboxylic acid groups (broad SMARTS) is 1. The van der Waals surface area contributed by atoms with Crippen LogP contribution in [0.1, 0.15) is 31.5 Å². The number of rotatable bonds is 5. The molecule has 0 aromatic carbocycles. The smallest absolute Gasteiger partial charge is 0.433 e. The number of pyridine rings is 1. The Bertz CT molecular complexity index is 513. The predicted molar refractivity (Wildman–Crippen MR) is 69.3 cm³/mol. The average molecular weight is 288 g/mol. The van der Waals surface area contributed by atoms with Crippen molar-refractivity contribution < 1.29 is 23.1 Å². The summed E-state index contributed by atoms with van der Waals surface area (Å²) in [5, 5.41) is 11.4. The third-order valence-corrected chi connectivity index (χ3v) is 2.62. The molecule has 1 aromatic heterocycles. The van der Waals surface area contributed by atoms with Crippen LogP contribution in [0, 0.1) is 0 Å². The number of anilines is 1. The number of carboxylic acids is 1. The molecule has 110 valence electrons. The number of carbonyl (C=O) groups is 1. The van der Waals surface area contributed by atoms with E-state index < -0.39 is 17.8 Å². The van der Waals surface area contributed by atoms with E-state index in [9.17, 15) is 18.0 Å². The first kappa shape index (κ1) is 16.0. The highest BCUT2D eigenvalue weighted by atomic mass is 19.4. The van der Waals surface area contributed by atoms with Crippen molar-refractivity contribution in [3.63, 3.8) is 0 Å². The Labute approximate surface area is 114 Å². The predicted octanol–water partition coefficient (Wildman–Crippen LogP) is 3.41. The van der Waals surface area contributed by atoms with Gasteiger partial charge in [0, 0.05) is 17.7 Å². The van der Waals surface area contributed by atoms with E-state index in [4.69, 9.17) is 5.11 Å². The molecule has 7 heteroatoms. The molecule has 20 heavy (non-hydrogen) atoms. The summed E-state index contributed by atoms with van der Waals surface area (Å²) in [5.74, 6) is -1.16. The molecule has 0 saturated heterocycles. The molecule has 0 aliphatic heterocycles. The topological polar surface area (TPSA) is 62.2 Å². The second-order valence-electron chi connectivity index (χ2n) is 4.26. The van der Waals surface area contributed by atoms with Crippen molar-refractivity contribution in [1.82, 2.24) is 4.98 Å². The van der Waals surface area contributed by atoms with E-state index in [0.717, 1.165) is 12.1 Å². The fourth-order valence-electron chi connectivity index (χ4n) is 1.37. The van der Waals surface area contributed by atoms with E-state index in [-0.39, 0.29) is 11.9 Å². The zero-order chi connectivity index (χ0) is 15.3. The minimum absolute atomic E-state index is 0.0201. The van der Waals surface area contributed by atoms with Gasteiger partial charge in [-0.25, -0.2) is 9.78 Å². The van der Waals surface area contributed by atoms with Crippen LogP contribution >= 0.6 is 0 Å². The summed E-state index contributed by atoms with van der Waals surface area (Å²) in [7, 11) is 0. The Hall–Kier alpha value is -2.05. The second kappa shape index (κ2) is 6.40. The number of halogens is 3. The van der Waals surface area contributed by atoms with E-state index in [2.05, 4.69) is 10.3 Å². The number of nitrogens with one attached hydrogen (secondary N) is 1. The standard InChI is InChI=1S/C13H15F3N2O2/c1-3-8(2)17-12-9(5-7-11(19)20)4-6-10(18-12)13(14,15)16/h4-8H,3H2,1-2H3,(H,17,18)(H,19,20). The molecule has 0 aliphatic rings. The zero-order valence-electron chi connectivity index (χ0n) is 11.0. The Morgan fingerprint density at radius 1 is 1.50 bits per heavy atom. The Morgan fingerprint density at radius 2 is 2.15 bits per heavy atom. The van der Waals surface area contributed by atoms with E-state index in [1.54, 1.807) is 6.92 Å². The Kier molecular flexibility index (Phi) is 5.12. The fraction of sp³-hybridized carbons (Fsp3) is 0.385. The summed E-state index contributed by atoms with van der Waals surface area (Å²) in [6.45, 7) is 3.67. The van der Waals surface area contributed by atoms with Gasteiger partial charge in [0.1, 0.15) is 11.5 Å². The molecule has 0 bridgehead atoms. The van der Waals surface area contributed by atoms with Crippen LogP contribution in [-0.2, 0) is 11.0 Å². The van der Waals surface area contributed by atoms with Crippen molar-refractivity contribution in [2.24, 2.45) is 0 Å². The van der Waals surface area contributed by atoms with Crippen molar-refractivity contribution in [2.45, 2.75) is 32.5 Å². The SMILES string of the molecule is CCC(C)Nc1nc(C(F)(F)F)ccc1C=CC(=O)O. The summed E-state index contributed by atoms with van der Waals surface area (Å²) in [6, 6.07) is 1.94. The van der Waals surface area contributed by atoms with Crippen LogP contribution in [0.15, 0.2) is 18.2 Å². The van der Waals surface area contributed by atoms with Crippen LogP contribution in [0.2, 0.25) is 0 Å². The lowest BCUT2D eigenvalue weighted by Crippen LogP contribution is -2.17. The van der Waals surface area contributed by atoms with Crippen molar-refractivity contribution in [1.29, 1.82) is 0 Å². The molecule has 4 nitrogen and oxygen atoms in total. The molecule has 1 aromatic rings.